The maximum atomic E-state index is 10.3. The summed E-state index contributed by atoms with van der Waals surface area (Å²) in [7, 11) is 0. The van der Waals surface area contributed by atoms with Gasteiger partial charge >= 0.3 is 5.97 Å². The smallest absolute Gasteiger partial charge is 0.303 e. The molecule has 0 spiro atoms. The summed E-state index contributed by atoms with van der Waals surface area (Å²) in [4.78, 5) is 10.3. The Morgan fingerprint density at radius 2 is 1.15 bits per heavy atom. The molecule has 0 fully saturated rings. The van der Waals surface area contributed by atoms with Crippen LogP contribution in [0.2, 0.25) is 0 Å². The summed E-state index contributed by atoms with van der Waals surface area (Å²) >= 11 is 0. The standard InChI is InChI=1S/C22H34O4/c1-2-3-4-5-6-7-8-11-14-17-20(23)21(24)18-15-12-9-10-13-16-19-22(25)26/h3-4,6-7,10-15,20-21,23-24H,2,5,8-9,16-19H2,1H3,(H,25,26)/b4-3+,7-6+,13-10+,14-11+,15-12+/t20-,21-/m1/s1. The van der Waals surface area contributed by atoms with Crippen molar-refractivity contribution < 1.29 is 20.1 Å². The fourth-order valence-electron chi connectivity index (χ4n) is 2.09. The van der Waals surface area contributed by atoms with Crippen LogP contribution in [0.5, 0.6) is 0 Å². The van der Waals surface area contributed by atoms with Gasteiger partial charge in [0.15, 0.2) is 0 Å². The predicted octanol–water partition coefficient (Wildman–Crippen LogP) is 4.71. The van der Waals surface area contributed by atoms with Crippen LogP contribution in [0.15, 0.2) is 60.8 Å². The Morgan fingerprint density at radius 3 is 1.62 bits per heavy atom. The molecule has 3 N–H and O–H groups in total. The first kappa shape index (κ1) is 24.1. The molecule has 26 heavy (non-hydrogen) atoms. The Labute approximate surface area is 157 Å². The normalized spacial score (nSPS) is 15.2. The number of aliphatic hydroxyl groups excluding tert-OH is 2. The maximum Gasteiger partial charge on any atom is 0.303 e. The van der Waals surface area contributed by atoms with E-state index in [9.17, 15) is 15.0 Å². The zero-order valence-electron chi connectivity index (χ0n) is 15.8. The van der Waals surface area contributed by atoms with E-state index in [-0.39, 0.29) is 6.42 Å². The van der Waals surface area contributed by atoms with Crippen molar-refractivity contribution in [2.45, 2.75) is 70.5 Å². The summed E-state index contributed by atoms with van der Waals surface area (Å²) in [6, 6.07) is 0. The summed E-state index contributed by atoms with van der Waals surface area (Å²) in [5.41, 5.74) is 0. The molecule has 0 amide bonds. The van der Waals surface area contributed by atoms with E-state index in [4.69, 9.17) is 5.11 Å². The molecule has 146 valence electrons. The second-order valence-corrected chi connectivity index (χ2v) is 6.01. The highest BCUT2D eigenvalue weighted by Gasteiger charge is 2.12. The maximum absolute atomic E-state index is 10.3. The van der Waals surface area contributed by atoms with Crippen LogP contribution in [0, 0.1) is 0 Å². The lowest BCUT2D eigenvalue weighted by atomic mass is 10.1. The molecule has 4 nitrogen and oxygen atoms in total. The summed E-state index contributed by atoms with van der Waals surface area (Å²) in [5, 5.41) is 28.3. The Balaban J connectivity index is 3.79. The third-order valence-electron chi connectivity index (χ3n) is 3.61. The third kappa shape index (κ3) is 16.9. The Hall–Kier alpha value is -1.91. The second kappa shape index (κ2) is 17.9. The molecule has 0 aromatic heterocycles. The van der Waals surface area contributed by atoms with Crippen LogP contribution >= 0.6 is 0 Å². The van der Waals surface area contributed by atoms with Crippen molar-refractivity contribution >= 4 is 5.97 Å². The zero-order chi connectivity index (χ0) is 19.5. The van der Waals surface area contributed by atoms with Gasteiger partial charge in [0.2, 0.25) is 0 Å². The molecule has 0 aliphatic carbocycles. The van der Waals surface area contributed by atoms with Gasteiger partial charge in [0.05, 0.1) is 12.2 Å². The number of carboxylic acid groups (broad SMARTS) is 1. The molecule has 0 saturated carbocycles. The first-order valence-corrected chi connectivity index (χ1v) is 9.40. The molecular formula is C22H34O4. The highest BCUT2D eigenvalue weighted by atomic mass is 16.4. The van der Waals surface area contributed by atoms with Gasteiger partial charge in [-0.1, -0.05) is 67.7 Å². The molecule has 0 radical (unpaired) electrons. The monoisotopic (exact) mass is 362 g/mol. The Kier molecular flexibility index (Phi) is 16.6. The topological polar surface area (TPSA) is 77.8 Å². The fourth-order valence-corrected chi connectivity index (χ4v) is 2.09. The first-order valence-electron chi connectivity index (χ1n) is 9.40. The van der Waals surface area contributed by atoms with E-state index in [1.165, 1.54) is 0 Å². The average Bonchev–Trinajstić information content (AvgIpc) is 2.61. The Morgan fingerprint density at radius 1 is 0.731 bits per heavy atom. The molecule has 0 aliphatic heterocycles. The number of carboxylic acids is 1. The van der Waals surface area contributed by atoms with Crippen LogP contribution in [-0.4, -0.2) is 33.5 Å². The largest absolute Gasteiger partial charge is 0.481 e. The van der Waals surface area contributed by atoms with Gasteiger partial charge < -0.3 is 15.3 Å². The lowest BCUT2D eigenvalue weighted by Crippen LogP contribution is -2.24. The van der Waals surface area contributed by atoms with Gasteiger partial charge in [0, 0.05) is 6.42 Å². The van der Waals surface area contributed by atoms with Crippen LogP contribution in [0.3, 0.4) is 0 Å². The van der Waals surface area contributed by atoms with Gasteiger partial charge in [-0.15, -0.1) is 0 Å². The number of hydrogen-bond donors (Lipinski definition) is 3. The van der Waals surface area contributed by atoms with Gasteiger partial charge in [-0.2, -0.15) is 0 Å². The molecule has 0 heterocycles. The van der Waals surface area contributed by atoms with Gasteiger partial charge in [-0.25, -0.2) is 0 Å². The summed E-state index contributed by atoms with van der Waals surface area (Å²) in [6.45, 7) is 2.11. The van der Waals surface area contributed by atoms with Crippen molar-refractivity contribution in [3.05, 3.63) is 60.8 Å². The van der Waals surface area contributed by atoms with Crippen molar-refractivity contribution in [1.29, 1.82) is 0 Å². The summed E-state index contributed by atoms with van der Waals surface area (Å²) in [6.07, 6.45) is 23.4. The van der Waals surface area contributed by atoms with Crippen molar-refractivity contribution in [1.82, 2.24) is 0 Å². The van der Waals surface area contributed by atoms with Gasteiger partial charge in [0.1, 0.15) is 0 Å². The average molecular weight is 363 g/mol. The predicted molar refractivity (Wildman–Crippen MR) is 108 cm³/mol. The molecule has 0 bridgehead atoms. The van der Waals surface area contributed by atoms with Crippen LogP contribution < -0.4 is 0 Å². The van der Waals surface area contributed by atoms with E-state index in [2.05, 4.69) is 31.2 Å². The van der Waals surface area contributed by atoms with Crippen molar-refractivity contribution in [3.63, 3.8) is 0 Å². The van der Waals surface area contributed by atoms with Gasteiger partial charge in [0.25, 0.3) is 0 Å². The summed E-state index contributed by atoms with van der Waals surface area (Å²) < 4.78 is 0. The van der Waals surface area contributed by atoms with E-state index in [1.807, 2.05) is 36.5 Å². The molecular weight excluding hydrogens is 328 g/mol. The number of aliphatic hydroxyl groups is 2. The minimum Gasteiger partial charge on any atom is -0.481 e. The van der Waals surface area contributed by atoms with Gasteiger partial charge in [-0.3, -0.25) is 4.79 Å². The highest BCUT2D eigenvalue weighted by Crippen LogP contribution is 2.06. The summed E-state index contributed by atoms with van der Waals surface area (Å²) in [5.74, 6) is -0.795. The van der Waals surface area contributed by atoms with Crippen molar-refractivity contribution in [3.8, 4) is 0 Å². The van der Waals surface area contributed by atoms with Crippen LogP contribution in [0.4, 0.5) is 0 Å². The molecule has 0 aromatic rings. The van der Waals surface area contributed by atoms with E-state index in [0.29, 0.717) is 25.7 Å². The van der Waals surface area contributed by atoms with Crippen LogP contribution in [0.1, 0.15) is 58.3 Å². The molecule has 0 rings (SSSR count). The minimum absolute atomic E-state index is 0.143. The van der Waals surface area contributed by atoms with Crippen molar-refractivity contribution in [2.75, 3.05) is 0 Å². The second-order valence-electron chi connectivity index (χ2n) is 6.01. The first-order chi connectivity index (χ1) is 12.6. The number of hydrogen-bond acceptors (Lipinski definition) is 3. The van der Waals surface area contributed by atoms with E-state index in [1.54, 1.807) is 0 Å². The number of aliphatic carboxylic acids is 1. The molecule has 2 atom stereocenters. The van der Waals surface area contributed by atoms with Crippen LogP contribution in [0.25, 0.3) is 0 Å². The van der Waals surface area contributed by atoms with Gasteiger partial charge in [-0.05, 0) is 44.9 Å². The SMILES string of the molecule is CC/C=C/C/C=C/C/C=C/C[C@@H](O)[C@H](O)C/C=C/C/C=C/CCC(=O)O. The molecule has 0 aliphatic rings. The quantitative estimate of drug-likeness (QED) is 0.369. The van der Waals surface area contributed by atoms with E-state index < -0.39 is 18.2 Å². The van der Waals surface area contributed by atoms with E-state index >= 15 is 0 Å². The highest BCUT2D eigenvalue weighted by molar-refractivity contribution is 5.66. The number of carbonyl (C=O) groups is 1. The van der Waals surface area contributed by atoms with Crippen molar-refractivity contribution in [2.24, 2.45) is 0 Å². The fraction of sp³-hybridized carbons (Fsp3) is 0.500. The molecule has 0 aromatic carbocycles. The van der Waals surface area contributed by atoms with Crippen LogP contribution in [-0.2, 0) is 4.79 Å². The number of rotatable bonds is 15. The Bertz CT molecular complexity index is 486. The molecule has 4 heteroatoms. The number of allylic oxidation sites excluding steroid dienone is 8. The lowest BCUT2D eigenvalue weighted by molar-refractivity contribution is -0.136. The minimum atomic E-state index is -0.795. The third-order valence-corrected chi connectivity index (χ3v) is 3.61. The molecule has 0 saturated heterocycles. The lowest BCUT2D eigenvalue weighted by Gasteiger charge is -2.14. The van der Waals surface area contributed by atoms with E-state index in [0.717, 1.165) is 19.3 Å². The molecule has 0 unspecified atom stereocenters. The zero-order valence-corrected chi connectivity index (χ0v) is 15.8.